The first-order valence-electron chi connectivity index (χ1n) is 5.56. The van der Waals surface area contributed by atoms with Crippen molar-refractivity contribution in [3.8, 4) is 6.07 Å². The van der Waals surface area contributed by atoms with Crippen LogP contribution in [0.25, 0.3) is 0 Å². The Kier molecular flexibility index (Phi) is 4.11. The van der Waals surface area contributed by atoms with Crippen LogP contribution in [0.2, 0.25) is 0 Å². The summed E-state index contributed by atoms with van der Waals surface area (Å²) in [6.07, 6.45) is 8.98. The average molecular weight is 254 g/mol. The van der Waals surface area contributed by atoms with Crippen molar-refractivity contribution in [1.82, 2.24) is 5.32 Å². The first kappa shape index (κ1) is 12.3. The summed E-state index contributed by atoms with van der Waals surface area (Å²) in [7, 11) is 0. The van der Waals surface area contributed by atoms with Gasteiger partial charge in [-0.1, -0.05) is 18.2 Å². The third-order valence-corrected chi connectivity index (χ3v) is 2.60. The summed E-state index contributed by atoms with van der Waals surface area (Å²) >= 11 is 5.21. The molecule has 18 heavy (non-hydrogen) atoms. The predicted octanol–water partition coefficient (Wildman–Crippen LogP) is 2.89. The summed E-state index contributed by atoms with van der Waals surface area (Å²) in [5.74, 6) is 0. The maximum atomic E-state index is 8.81. The van der Waals surface area contributed by atoms with E-state index in [2.05, 4.69) is 29.2 Å². The van der Waals surface area contributed by atoms with E-state index in [1.54, 1.807) is 12.1 Å². The molecule has 2 N–H and O–H groups in total. The van der Waals surface area contributed by atoms with Crippen LogP contribution in [-0.4, -0.2) is 5.11 Å². The maximum Gasteiger partial charge on any atom is 0.175 e. The van der Waals surface area contributed by atoms with Gasteiger partial charge in [0.1, 0.15) is 0 Å². The number of nitrogens with one attached hydrogen (secondary N) is 2. The molecule has 0 unspecified atom stereocenters. The third kappa shape index (κ3) is 3.44. The topological polar surface area (TPSA) is 47.9 Å². The molecule has 89 valence electrons. The first-order valence-corrected chi connectivity index (χ1v) is 5.97. The van der Waals surface area contributed by atoms with Gasteiger partial charge in [-0.05, 0) is 49.3 Å². The maximum absolute atomic E-state index is 8.81. The summed E-state index contributed by atoms with van der Waals surface area (Å²) in [4.78, 5) is 0. The van der Waals surface area contributed by atoms with Crippen LogP contribution in [0.15, 0.2) is 48.2 Å². The Hall–Kier alpha value is -2.12. The molecule has 0 amide bonds. The number of nitrogens with zero attached hydrogens (tertiary/aromatic N) is 1. The van der Waals surface area contributed by atoms with Gasteiger partial charge in [0, 0.05) is 11.4 Å². The third-order valence-electron chi connectivity index (χ3n) is 2.39. The molecule has 3 nitrogen and oxygen atoms in total. The van der Waals surface area contributed by atoms with Gasteiger partial charge in [0.2, 0.25) is 0 Å². The standard InChI is InChI=1S/C14H12N3S/c15-10-11-5-4-8-13(9-11)17-14(18)16-12-6-2-1-3-7-12/h1-2,4-9H,3H2,(H2,16,17,18). The van der Waals surface area contributed by atoms with Gasteiger partial charge < -0.3 is 10.6 Å². The number of benzene rings is 1. The molecule has 0 bridgehead atoms. The molecule has 0 saturated heterocycles. The average Bonchev–Trinajstić information content (AvgIpc) is 2.40. The van der Waals surface area contributed by atoms with E-state index < -0.39 is 0 Å². The number of allylic oxidation sites excluding steroid dienone is 3. The minimum atomic E-state index is 0.517. The predicted molar refractivity (Wildman–Crippen MR) is 76.7 cm³/mol. The zero-order chi connectivity index (χ0) is 12.8. The Labute approximate surface area is 112 Å². The fourth-order valence-corrected chi connectivity index (χ4v) is 1.80. The van der Waals surface area contributed by atoms with E-state index >= 15 is 0 Å². The summed E-state index contributed by atoms with van der Waals surface area (Å²) < 4.78 is 0. The van der Waals surface area contributed by atoms with Gasteiger partial charge in [-0.2, -0.15) is 5.26 Å². The highest BCUT2D eigenvalue weighted by atomic mass is 32.1. The Balaban J connectivity index is 1.96. The second kappa shape index (κ2) is 5.99. The first-order chi connectivity index (χ1) is 8.78. The molecule has 1 aromatic carbocycles. The van der Waals surface area contributed by atoms with E-state index in [0.717, 1.165) is 17.8 Å². The van der Waals surface area contributed by atoms with Gasteiger partial charge in [0.05, 0.1) is 11.6 Å². The lowest BCUT2D eigenvalue weighted by atomic mass is 10.1. The molecule has 4 heteroatoms. The number of anilines is 1. The van der Waals surface area contributed by atoms with E-state index in [-0.39, 0.29) is 0 Å². The summed E-state index contributed by atoms with van der Waals surface area (Å²) in [5.41, 5.74) is 2.39. The van der Waals surface area contributed by atoms with Crippen LogP contribution < -0.4 is 10.6 Å². The highest BCUT2D eigenvalue weighted by Gasteiger charge is 2.02. The Bertz CT molecular complexity index is 552. The van der Waals surface area contributed by atoms with Crippen molar-refractivity contribution in [2.75, 3.05) is 5.32 Å². The van der Waals surface area contributed by atoms with Crippen molar-refractivity contribution in [3.63, 3.8) is 0 Å². The zero-order valence-corrected chi connectivity index (χ0v) is 10.5. The van der Waals surface area contributed by atoms with Gasteiger partial charge in [-0.15, -0.1) is 0 Å². The lowest BCUT2D eigenvalue weighted by molar-refractivity contribution is 1.11. The molecule has 0 heterocycles. The van der Waals surface area contributed by atoms with Crippen LogP contribution in [0, 0.1) is 17.8 Å². The van der Waals surface area contributed by atoms with Gasteiger partial charge in [-0.3, -0.25) is 0 Å². The van der Waals surface area contributed by atoms with Crippen molar-refractivity contribution in [3.05, 3.63) is 60.2 Å². The van der Waals surface area contributed by atoms with E-state index in [0.29, 0.717) is 10.7 Å². The minimum absolute atomic E-state index is 0.517. The Morgan fingerprint density at radius 2 is 2.22 bits per heavy atom. The van der Waals surface area contributed by atoms with Gasteiger partial charge in [0.25, 0.3) is 0 Å². The van der Waals surface area contributed by atoms with Gasteiger partial charge >= 0.3 is 0 Å². The molecular formula is C14H12N3S. The smallest absolute Gasteiger partial charge is 0.175 e. The van der Waals surface area contributed by atoms with E-state index in [1.807, 2.05) is 24.3 Å². The molecule has 1 aliphatic carbocycles. The Morgan fingerprint density at radius 1 is 1.33 bits per heavy atom. The number of rotatable bonds is 2. The van der Waals surface area contributed by atoms with Crippen molar-refractivity contribution >= 4 is 23.0 Å². The SMILES string of the molecule is N#Cc1cccc(NC(=S)NC2=CC[CH]C=C2)c1. The highest BCUT2D eigenvalue weighted by molar-refractivity contribution is 7.80. The second-order valence-electron chi connectivity index (χ2n) is 3.76. The van der Waals surface area contributed by atoms with E-state index in [9.17, 15) is 0 Å². The van der Waals surface area contributed by atoms with Crippen molar-refractivity contribution < 1.29 is 0 Å². The number of hydrogen-bond donors (Lipinski definition) is 2. The molecule has 0 atom stereocenters. The summed E-state index contributed by atoms with van der Waals surface area (Å²) in [6, 6.07) is 9.29. The molecular weight excluding hydrogens is 242 g/mol. The van der Waals surface area contributed by atoms with Crippen molar-refractivity contribution in [2.45, 2.75) is 6.42 Å². The van der Waals surface area contributed by atoms with Crippen molar-refractivity contribution in [1.29, 1.82) is 5.26 Å². The number of hydrogen-bond acceptors (Lipinski definition) is 2. The lowest BCUT2D eigenvalue weighted by Gasteiger charge is -2.13. The van der Waals surface area contributed by atoms with Gasteiger partial charge in [0.15, 0.2) is 5.11 Å². The second-order valence-corrected chi connectivity index (χ2v) is 4.17. The largest absolute Gasteiger partial charge is 0.333 e. The lowest BCUT2D eigenvalue weighted by Crippen LogP contribution is -2.27. The zero-order valence-electron chi connectivity index (χ0n) is 9.68. The van der Waals surface area contributed by atoms with E-state index in [4.69, 9.17) is 17.5 Å². The van der Waals surface area contributed by atoms with Crippen molar-refractivity contribution in [2.24, 2.45) is 0 Å². The van der Waals surface area contributed by atoms with Crippen LogP contribution in [-0.2, 0) is 0 Å². The normalized spacial score (nSPS) is 13.4. The molecule has 0 saturated carbocycles. The fraction of sp³-hybridized carbons (Fsp3) is 0.0714. The summed E-state index contributed by atoms with van der Waals surface area (Å²) in [5, 5.41) is 15.5. The highest BCUT2D eigenvalue weighted by Crippen LogP contribution is 2.10. The Morgan fingerprint density at radius 3 is 2.94 bits per heavy atom. The molecule has 0 spiro atoms. The van der Waals surface area contributed by atoms with Crippen LogP contribution in [0.5, 0.6) is 0 Å². The van der Waals surface area contributed by atoms with E-state index in [1.165, 1.54) is 0 Å². The molecule has 0 aromatic heterocycles. The number of thiocarbonyl (C=S) groups is 1. The van der Waals surface area contributed by atoms with Crippen LogP contribution in [0.3, 0.4) is 0 Å². The molecule has 0 fully saturated rings. The molecule has 0 aliphatic heterocycles. The van der Waals surface area contributed by atoms with Crippen LogP contribution >= 0.6 is 12.2 Å². The van der Waals surface area contributed by atoms with Crippen LogP contribution in [0.4, 0.5) is 5.69 Å². The van der Waals surface area contributed by atoms with Gasteiger partial charge in [-0.25, -0.2) is 0 Å². The quantitative estimate of drug-likeness (QED) is 0.797. The molecule has 1 radical (unpaired) electrons. The minimum Gasteiger partial charge on any atom is -0.333 e. The fourth-order valence-electron chi connectivity index (χ4n) is 1.57. The molecule has 1 aliphatic rings. The molecule has 2 rings (SSSR count). The monoisotopic (exact) mass is 254 g/mol. The number of nitriles is 1. The summed E-state index contributed by atoms with van der Waals surface area (Å²) in [6.45, 7) is 0. The van der Waals surface area contributed by atoms with Crippen LogP contribution in [0.1, 0.15) is 12.0 Å². The molecule has 1 aromatic rings.